The van der Waals surface area contributed by atoms with Gasteiger partial charge in [0.2, 0.25) is 0 Å². The van der Waals surface area contributed by atoms with Gasteiger partial charge in [-0.25, -0.2) is 19.1 Å². The molecule has 1 aromatic heterocycles. The number of hydrogen-bond acceptors (Lipinski definition) is 5. The van der Waals surface area contributed by atoms with Gasteiger partial charge < -0.3 is 20.1 Å². The fraction of sp³-hybridized carbons (Fsp3) is 0.500. The van der Waals surface area contributed by atoms with E-state index in [1.165, 1.54) is 63.6 Å². The number of nitrogens with zero attached hydrogens (tertiary/aromatic N) is 2. The van der Waals surface area contributed by atoms with Crippen molar-refractivity contribution >= 4 is 17.9 Å². The molecule has 0 spiro atoms. The highest BCUT2D eigenvalue weighted by Crippen LogP contribution is 2.15. The minimum atomic E-state index is -1.73. The molecule has 0 amide bonds. The Morgan fingerprint density at radius 2 is 1.57 bits per heavy atom. The van der Waals surface area contributed by atoms with Crippen LogP contribution in [0.15, 0.2) is 30.6 Å². The molecule has 1 unspecified atom stereocenters. The molecule has 0 aliphatic heterocycles. The lowest BCUT2D eigenvalue weighted by Gasteiger charge is -2.08. The fourth-order valence-corrected chi connectivity index (χ4v) is 3.74. The molecule has 9 nitrogen and oxygen atoms in total. The smallest absolute Gasteiger partial charge is 0.337 e. The van der Waals surface area contributed by atoms with Crippen LogP contribution in [0.3, 0.4) is 0 Å². The molecule has 0 saturated heterocycles. The molecule has 2 aromatic rings. The topological polar surface area (TPSA) is 158 Å². The Hall–Kier alpha value is -3.67. The van der Waals surface area contributed by atoms with Crippen molar-refractivity contribution in [2.24, 2.45) is 0 Å². The predicted octanol–water partition coefficient (Wildman–Crippen LogP) is 3.91. The number of imidazole rings is 1. The van der Waals surface area contributed by atoms with E-state index in [1.807, 2.05) is 23.9 Å². The summed E-state index contributed by atoms with van der Waals surface area (Å²) in [6.45, 7) is 4.20. The molecule has 0 aliphatic rings. The minimum Gasteiger partial charge on any atom is -0.545 e. The molecule has 0 saturated carbocycles. The summed E-state index contributed by atoms with van der Waals surface area (Å²) in [5, 5.41) is 36.8. The Bertz CT molecular complexity index is 977. The van der Waals surface area contributed by atoms with Crippen LogP contribution in [0.1, 0.15) is 115 Å². The molecule has 2 rings (SSSR count). The number of aromatic amines is 1. The molecule has 35 heavy (non-hydrogen) atoms. The van der Waals surface area contributed by atoms with E-state index in [2.05, 4.69) is 18.0 Å². The van der Waals surface area contributed by atoms with Crippen LogP contribution in [-0.4, -0.2) is 33.1 Å². The summed E-state index contributed by atoms with van der Waals surface area (Å²) < 4.78 is 2.05. The summed E-state index contributed by atoms with van der Waals surface area (Å²) in [6, 6.07) is 5.34. The first kappa shape index (κ1) is 29.4. The van der Waals surface area contributed by atoms with Gasteiger partial charge in [0.1, 0.15) is 18.5 Å². The number of aromatic carboxylic acids is 3. The van der Waals surface area contributed by atoms with Crippen LogP contribution in [0.4, 0.5) is 0 Å². The van der Waals surface area contributed by atoms with E-state index in [1.54, 1.807) is 0 Å². The molecular formula is C26H35N3O6. The van der Waals surface area contributed by atoms with Crippen LogP contribution >= 0.6 is 0 Å². The van der Waals surface area contributed by atoms with E-state index in [9.17, 15) is 19.5 Å². The number of nitriles is 1. The number of aryl methyl sites for hydroxylation is 1. The number of benzene rings is 1. The maximum absolute atomic E-state index is 10.7. The molecule has 0 aliphatic carbocycles. The molecular weight excluding hydrogens is 450 g/mol. The van der Waals surface area contributed by atoms with Crippen molar-refractivity contribution in [2.45, 2.75) is 84.1 Å². The second kappa shape index (κ2) is 16.0. The number of carbonyl (C=O) groups is 3. The number of unbranched alkanes of at least 4 members (excludes halogenated alkanes) is 8. The maximum Gasteiger partial charge on any atom is 0.337 e. The Morgan fingerprint density at radius 3 is 2.09 bits per heavy atom. The lowest BCUT2D eigenvalue weighted by molar-refractivity contribution is -0.712. The van der Waals surface area contributed by atoms with Gasteiger partial charge in [0, 0.05) is 12.0 Å². The van der Waals surface area contributed by atoms with Crippen molar-refractivity contribution in [3.8, 4) is 6.07 Å². The first-order valence-electron chi connectivity index (χ1n) is 12.0. The van der Waals surface area contributed by atoms with Crippen molar-refractivity contribution < 1.29 is 34.3 Å². The average Bonchev–Trinajstić information content (AvgIpc) is 3.30. The summed E-state index contributed by atoms with van der Waals surface area (Å²) in [6.07, 6.45) is 17.1. The number of carboxylic acid groups (broad SMARTS) is 3. The highest BCUT2D eigenvalue weighted by Gasteiger charge is 2.20. The van der Waals surface area contributed by atoms with E-state index in [4.69, 9.17) is 15.5 Å². The van der Waals surface area contributed by atoms with Crippen molar-refractivity contribution in [1.82, 2.24) is 4.98 Å². The molecule has 1 aromatic carbocycles. The number of carbonyl (C=O) groups excluding carboxylic acids is 1. The number of carboxylic acids is 3. The van der Waals surface area contributed by atoms with Gasteiger partial charge in [-0.15, -0.1) is 0 Å². The number of rotatable bonds is 14. The molecule has 3 N–H and O–H groups in total. The van der Waals surface area contributed by atoms with E-state index in [0.29, 0.717) is 0 Å². The van der Waals surface area contributed by atoms with Crippen LogP contribution in [-0.2, 0) is 6.42 Å². The highest BCUT2D eigenvalue weighted by molar-refractivity contribution is 6.08. The SMILES string of the molecule is CCCCCCCCCCCc1[nH]cc[n+]1C(C)C#N.O=C([O-])c1cccc(C(=O)O)c1C(=O)O. The standard InChI is InChI=1S/C17H29N3.C9H6O6/c1-3-4-5-6-7-8-9-10-11-12-17-19-13-14-20(17)16(2)15-18;10-7(11)4-2-1-3-5(8(12)13)6(4)9(14)15/h13-14,16H,3-12H2,1-2H3;1-3H,(H,10,11)(H,12,13)(H,14,15). The third kappa shape index (κ3) is 10.0. The van der Waals surface area contributed by atoms with Gasteiger partial charge in [0.05, 0.1) is 17.1 Å². The second-order valence-corrected chi connectivity index (χ2v) is 8.32. The van der Waals surface area contributed by atoms with Crippen molar-refractivity contribution in [3.63, 3.8) is 0 Å². The predicted molar refractivity (Wildman–Crippen MR) is 127 cm³/mol. The van der Waals surface area contributed by atoms with Gasteiger partial charge in [-0.3, -0.25) is 0 Å². The quantitative estimate of drug-likeness (QED) is 0.270. The summed E-state index contributed by atoms with van der Waals surface area (Å²) >= 11 is 0. The van der Waals surface area contributed by atoms with E-state index >= 15 is 0 Å². The lowest BCUT2D eigenvalue weighted by Crippen LogP contribution is -2.39. The maximum atomic E-state index is 10.7. The Balaban J connectivity index is 0.000000365. The number of hydrogen-bond donors (Lipinski definition) is 3. The largest absolute Gasteiger partial charge is 0.545 e. The first-order chi connectivity index (χ1) is 16.7. The highest BCUT2D eigenvalue weighted by atomic mass is 16.4. The lowest BCUT2D eigenvalue weighted by atomic mass is 10.0. The van der Waals surface area contributed by atoms with Crippen LogP contribution in [0.25, 0.3) is 0 Å². The van der Waals surface area contributed by atoms with Crippen molar-refractivity contribution in [1.29, 1.82) is 5.26 Å². The first-order valence-corrected chi connectivity index (χ1v) is 12.0. The summed E-state index contributed by atoms with van der Waals surface area (Å²) in [5.41, 5.74) is -2.00. The fourth-order valence-electron chi connectivity index (χ4n) is 3.74. The summed E-state index contributed by atoms with van der Waals surface area (Å²) in [5.74, 6) is -3.67. The van der Waals surface area contributed by atoms with E-state index < -0.39 is 34.6 Å². The zero-order valence-electron chi connectivity index (χ0n) is 20.5. The summed E-state index contributed by atoms with van der Waals surface area (Å²) in [4.78, 5) is 35.1. The molecule has 0 fully saturated rings. The Labute approximate surface area is 206 Å². The van der Waals surface area contributed by atoms with Gasteiger partial charge in [0.15, 0.2) is 6.04 Å². The van der Waals surface area contributed by atoms with Crippen LogP contribution in [0, 0.1) is 11.3 Å². The van der Waals surface area contributed by atoms with Crippen LogP contribution < -0.4 is 9.67 Å². The molecule has 0 radical (unpaired) electrons. The molecule has 0 bridgehead atoms. The average molecular weight is 486 g/mol. The van der Waals surface area contributed by atoms with E-state index in [0.717, 1.165) is 24.6 Å². The van der Waals surface area contributed by atoms with Crippen LogP contribution in [0.2, 0.25) is 0 Å². The number of aromatic nitrogens is 2. The monoisotopic (exact) mass is 485 g/mol. The second-order valence-electron chi connectivity index (χ2n) is 8.32. The Morgan fingerprint density at radius 1 is 1.00 bits per heavy atom. The van der Waals surface area contributed by atoms with Gasteiger partial charge >= 0.3 is 11.9 Å². The zero-order valence-corrected chi connectivity index (χ0v) is 20.5. The molecule has 1 heterocycles. The summed E-state index contributed by atoms with van der Waals surface area (Å²) in [7, 11) is 0. The zero-order chi connectivity index (χ0) is 26.2. The van der Waals surface area contributed by atoms with Gasteiger partial charge in [-0.05, 0) is 19.4 Å². The van der Waals surface area contributed by atoms with Gasteiger partial charge in [-0.1, -0.05) is 70.4 Å². The van der Waals surface area contributed by atoms with Gasteiger partial charge in [0.25, 0.3) is 5.82 Å². The van der Waals surface area contributed by atoms with Crippen LogP contribution in [0.5, 0.6) is 0 Å². The normalized spacial score (nSPS) is 11.1. The van der Waals surface area contributed by atoms with E-state index in [-0.39, 0.29) is 6.04 Å². The molecule has 190 valence electrons. The molecule has 9 heteroatoms. The third-order valence-electron chi connectivity index (χ3n) is 5.65. The van der Waals surface area contributed by atoms with Crippen molar-refractivity contribution in [2.75, 3.05) is 0 Å². The number of nitrogens with one attached hydrogen (secondary N) is 1. The number of H-pyrrole nitrogens is 1. The molecule has 1 atom stereocenters. The Kier molecular flexibility index (Phi) is 13.5. The minimum absolute atomic E-state index is 0.0742. The van der Waals surface area contributed by atoms with Crippen molar-refractivity contribution in [3.05, 3.63) is 53.1 Å². The third-order valence-corrected chi connectivity index (χ3v) is 5.65. The van der Waals surface area contributed by atoms with Gasteiger partial charge in [-0.2, -0.15) is 5.26 Å².